The van der Waals surface area contributed by atoms with E-state index in [9.17, 15) is 0 Å². The number of aromatic nitrogens is 1. The Morgan fingerprint density at radius 2 is 2.17 bits per heavy atom. The molecular weight excluding hydrogens is 262 g/mol. The molecule has 3 nitrogen and oxygen atoms in total. The zero-order chi connectivity index (χ0) is 12.8. The molecule has 0 aliphatic heterocycles. The van der Waals surface area contributed by atoms with E-state index in [1.807, 2.05) is 48.9 Å². The molecule has 18 heavy (non-hydrogen) atoms. The molecule has 0 aliphatic rings. The second-order valence-corrected chi connectivity index (χ2v) is 4.99. The molecule has 0 saturated heterocycles. The molecule has 0 fully saturated rings. The number of nitrogens with zero attached hydrogens (tertiary/aromatic N) is 2. The Bertz CT molecular complexity index is 582. The summed E-state index contributed by atoms with van der Waals surface area (Å²) in [5.41, 5.74) is 1.67. The minimum atomic E-state index is 0.651. The van der Waals surface area contributed by atoms with Crippen LogP contribution >= 0.6 is 23.3 Å². The highest BCUT2D eigenvalue weighted by molar-refractivity contribution is 7.98. The van der Waals surface area contributed by atoms with Gasteiger partial charge in [0.05, 0.1) is 4.88 Å². The summed E-state index contributed by atoms with van der Waals surface area (Å²) in [6, 6.07) is 12.1. The lowest BCUT2D eigenvalue weighted by atomic mass is 10.3. The van der Waals surface area contributed by atoms with Gasteiger partial charge >= 0.3 is 0 Å². The number of thioether (sulfide) groups is 1. The van der Waals surface area contributed by atoms with Gasteiger partial charge in [0.15, 0.2) is 0 Å². The van der Waals surface area contributed by atoms with Gasteiger partial charge in [0.25, 0.3) is 0 Å². The average Bonchev–Trinajstić information content (AvgIpc) is 2.82. The van der Waals surface area contributed by atoms with E-state index in [-0.39, 0.29) is 0 Å². The predicted molar refractivity (Wildman–Crippen MR) is 77.7 cm³/mol. The molecule has 0 bridgehead atoms. The van der Waals surface area contributed by atoms with Crippen molar-refractivity contribution in [2.45, 2.75) is 5.03 Å². The topological polar surface area (TPSA) is 48.7 Å². The normalized spacial score (nSPS) is 10.4. The molecule has 0 saturated carbocycles. The molecule has 0 spiro atoms. The van der Waals surface area contributed by atoms with Gasteiger partial charge in [-0.3, -0.25) is 0 Å². The van der Waals surface area contributed by atoms with Crippen LogP contribution in [0, 0.1) is 11.3 Å². The van der Waals surface area contributed by atoms with E-state index in [0.717, 1.165) is 15.6 Å². The van der Waals surface area contributed by atoms with Crippen molar-refractivity contribution in [3.63, 3.8) is 0 Å². The first-order valence-corrected chi connectivity index (χ1v) is 7.27. The van der Waals surface area contributed by atoms with Gasteiger partial charge in [-0.05, 0) is 36.0 Å². The van der Waals surface area contributed by atoms with Gasteiger partial charge < -0.3 is 5.32 Å². The second kappa shape index (κ2) is 6.24. The van der Waals surface area contributed by atoms with Crippen LogP contribution in [-0.4, -0.2) is 10.6 Å². The predicted octanol–water partition coefficient (Wildman–Crippen LogP) is 3.82. The van der Waals surface area contributed by atoms with E-state index in [0.29, 0.717) is 5.56 Å². The van der Waals surface area contributed by atoms with E-state index in [4.69, 9.17) is 5.26 Å². The lowest BCUT2D eigenvalue weighted by Crippen LogP contribution is -1.85. The molecule has 1 aromatic heterocycles. The van der Waals surface area contributed by atoms with Crippen LogP contribution < -0.4 is 5.32 Å². The van der Waals surface area contributed by atoms with Crippen molar-refractivity contribution in [3.05, 3.63) is 47.0 Å². The Labute approximate surface area is 114 Å². The summed E-state index contributed by atoms with van der Waals surface area (Å²) in [5, 5.41) is 13.0. The summed E-state index contributed by atoms with van der Waals surface area (Å²) < 4.78 is 4.23. The van der Waals surface area contributed by atoms with Gasteiger partial charge in [0.1, 0.15) is 16.7 Å². The molecule has 90 valence electrons. The van der Waals surface area contributed by atoms with Crippen molar-refractivity contribution in [2.75, 3.05) is 11.6 Å². The second-order valence-electron chi connectivity index (χ2n) is 3.39. The van der Waals surface area contributed by atoms with Gasteiger partial charge in [-0.15, -0.1) is 11.8 Å². The summed E-state index contributed by atoms with van der Waals surface area (Å²) in [6.07, 6.45) is 5.63. The Morgan fingerprint density at radius 3 is 2.83 bits per heavy atom. The summed E-state index contributed by atoms with van der Waals surface area (Å²) in [5.74, 6) is 0. The van der Waals surface area contributed by atoms with E-state index < -0.39 is 0 Å². The van der Waals surface area contributed by atoms with Crippen LogP contribution in [0.5, 0.6) is 0 Å². The number of hydrogen-bond acceptors (Lipinski definition) is 5. The molecule has 1 N–H and O–H groups in total. The van der Waals surface area contributed by atoms with Crippen LogP contribution in [-0.2, 0) is 0 Å². The van der Waals surface area contributed by atoms with Crippen molar-refractivity contribution >= 4 is 35.1 Å². The highest BCUT2D eigenvalue weighted by Gasteiger charge is 2.09. The standard InChI is InChI=1S/C13H11N3S2/c1-17-13-11(9-14)12(18-16-13)7-8-15-10-5-3-2-4-6-10/h2-8,15H,1H3/b8-7+. The number of para-hydroxylation sites is 1. The molecule has 0 radical (unpaired) electrons. The third kappa shape index (κ3) is 2.92. The first-order valence-electron chi connectivity index (χ1n) is 5.27. The van der Waals surface area contributed by atoms with Gasteiger partial charge in [-0.2, -0.15) is 9.64 Å². The number of nitriles is 1. The van der Waals surface area contributed by atoms with Crippen LogP contribution in [0.15, 0.2) is 41.6 Å². The summed E-state index contributed by atoms with van der Waals surface area (Å²) in [4.78, 5) is 0.880. The molecule has 0 unspecified atom stereocenters. The Balaban J connectivity index is 2.10. The van der Waals surface area contributed by atoms with Crippen LogP contribution in [0.3, 0.4) is 0 Å². The van der Waals surface area contributed by atoms with Crippen molar-refractivity contribution in [2.24, 2.45) is 0 Å². The van der Waals surface area contributed by atoms with Crippen LogP contribution in [0.2, 0.25) is 0 Å². The first-order chi connectivity index (χ1) is 8.85. The van der Waals surface area contributed by atoms with Crippen molar-refractivity contribution < 1.29 is 0 Å². The van der Waals surface area contributed by atoms with E-state index >= 15 is 0 Å². The number of nitrogens with one attached hydrogen (secondary N) is 1. The molecule has 0 amide bonds. The lowest BCUT2D eigenvalue weighted by molar-refractivity contribution is 1.25. The highest BCUT2D eigenvalue weighted by Crippen LogP contribution is 2.26. The maximum absolute atomic E-state index is 9.08. The van der Waals surface area contributed by atoms with Crippen molar-refractivity contribution in [1.82, 2.24) is 4.37 Å². The smallest absolute Gasteiger partial charge is 0.128 e. The maximum atomic E-state index is 9.08. The van der Waals surface area contributed by atoms with Crippen LogP contribution in [0.4, 0.5) is 5.69 Å². The summed E-state index contributed by atoms with van der Waals surface area (Å²) in [6.45, 7) is 0. The lowest BCUT2D eigenvalue weighted by Gasteiger charge is -1.98. The Morgan fingerprint density at radius 1 is 1.39 bits per heavy atom. The molecule has 1 aromatic carbocycles. The third-order valence-corrected chi connectivity index (χ3v) is 3.86. The van der Waals surface area contributed by atoms with Gasteiger partial charge in [-0.25, -0.2) is 0 Å². The zero-order valence-corrected chi connectivity index (χ0v) is 11.4. The largest absolute Gasteiger partial charge is 0.362 e. The van der Waals surface area contributed by atoms with Crippen LogP contribution in [0.1, 0.15) is 10.4 Å². The molecule has 0 atom stereocenters. The Kier molecular flexibility index (Phi) is 4.40. The van der Waals surface area contributed by atoms with Crippen molar-refractivity contribution in [1.29, 1.82) is 5.26 Å². The quantitative estimate of drug-likeness (QED) is 0.860. The molecule has 1 heterocycles. The van der Waals surface area contributed by atoms with Gasteiger partial charge in [0.2, 0.25) is 0 Å². The third-order valence-electron chi connectivity index (χ3n) is 2.25. The minimum Gasteiger partial charge on any atom is -0.362 e. The highest BCUT2D eigenvalue weighted by atomic mass is 32.2. The van der Waals surface area contributed by atoms with E-state index in [1.54, 1.807) is 0 Å². The van der Waals surface area contributed by atoms with Gasteiger partial charge in [0, 0.05) is 11.9 Å². The summed E-state index contributed by atoms with van der Waals surface area (Å²) in [7, 11) is 0. The number of benzene rings is 1. The Hall–Kier alpha value is -1.77. The fourth-order valence-corrected chi connectivity index (χ4v) is 2.86. The van der Waals surface area contributed by atoms with Crippen molar-refractivity contribution in [3.8, 4) is 6.07 Å². The first kappa shape index (κ1) is 12.7. The molecular formula is C13H11N3S2. The minimum absolute atomic E-state index is 0.651. The monoisotopic (exact) mass is 273 g/mol. The molecule has 0 aliphatic carbocycles. The molecule has 5 heteroatoms. The maximum Gasteiger partial charge on any atom is 0.128 e. The summed E-state index contributed by atoms with van der Waals surface area (Å²) >= 11 is 2.83. The van der Waals surface area contributed by atoms with E-state index in [1.165, 1.54) is 23.3 Å². The average molecular weight is 273 g/mol. The fourth-order valence-electron chi connectivity index (χ4n) is 1.39. The van der Waals surface area contributed by atoms with Gasteiger partial charge in [-0.1, -0.05) is 18.2 Å². The van der Waals surface area contributed by atoms with Crippen LogP contribution in [0.25, 0.3) is 6.08 Å². The fraction of sp³-hybridized carbons (Fsp3) is 0.0769. The number of anilines is 1. The number of hydrogen-bond donors (Lipinski definition) is 1. The molecule has 2 rings (SSSR count). The molecule has 2 aromatic rings. The zero-order valence-electron chi connectivity index (χ0n) is 9.75. The van der Waals surface area contributed by atoms with E-state index in [2.05, 4.69) is 15.8 Å². The SMILES string of the molecule is CSc1nsc(/C=C/Nc2ccccc2)c1C#N. The number of rotatable bonds is 4.